The Balaban J connectivity index is 1.72. The van der Waals surface area contributed by atoms with E-state index in [0.717, 1.165) is 32.2 Å². The quantitative estimate of drug-likeness (QED) is 0.507. The van der Waals surface area contributed by atoms with Gasteiger partial charge in [0.15, 0.2) is 0 Å². The Morgan fingerprint density at radius 1 is 1.50 bits per heavy atom. The molecule has 0 aromatic rings. The monoisotopic (exact) mass is 197 g/mol. The van der Waals surface area contributed by atoms with Crippen molar-refractivity contribution in [1.82, 2.24) is 4.90 Å². The Morgan fingerprint density at radius 2 is 2.29 bits per heavy atom. The molecule has 0 amide bonds. The van der Waals surface area contributed by atoms with Crippen LogP contribution in [0.3, 0.4) is 0 Å². The molecule has 3 N–H and O–H groups in total. The van der Waals surface area contributed by atoms with Crippen LogP contribution in [0, 0.1) is 11.3 Å². The number of morpholine rings is 1. The van der Waals surface area contributed by atoms with Crippen LogP contribution in [0.4, 0.5) is 0 Å². The van der Waals surface area contributed by atoms with Gasteiger partial charge in [-0.05, 0) is 18.9 Å². The minimum Gasteiger partial charge on any atom is -0.385 e. The Labute approximate surface area is 84.9 Å². The molecular formula is C10H19N3O. The second kappa shape index (κ2) is 4.28. The first kappa shape index (κ1) is 9.93. The minimum absolute atomic E-state index is 0.164. The first-order valence-corrected chi connectivity index (χ1v) is 5.43. The molecule has 80 valence electrons. The lowest BCUT2D eigenvalue weighted by Gasteiger charge is -2.32. The molecule has 4 heteroatoms. The standard InChI is InChI=1S/C10H19N3O/c11-10(12)9-7-13(5-6-14-9)4-3-8-1-2-8/h8-9H,1-7H2,(H3,11,12). The zero-order valence-electron chi connectivity index (χ0n) is 8.54. The Bertz CT molecular complexity index is 215. The zero-order valence-corrected chi connectivity index (χ0v) is 8.54. The first-order chi connectivity index (χ1) is 6.75. The SMILES string of the molecule is N=C(N)C1CN(CCC2CC2)CCO1. The summed E-state index contributed by atoms with van der Waals surface area (Å²) in [5.74, 6) is 1.15. The van der Waals surface area contributed by atoms with Crippen LogP contribution in [-0.2, 0) is 4.74 Å². The van der Waals surface area contributed by atoms with Crippen molar-refractivity contribution in [2.24, 2.45) is 11.7 Å². The second-order valence-electron chi connectivity index (χ2n) is 4.35. The van der Waals surface area contributed by atoms with Crippen LogP contribution in [0.25, 0.3) is 0 Å². The maximum absolute atomic E-state index is 7.33. The van der Waals surface area contributed by atoms with Crippen LogP contribution in [0.2, 0.25) is 0 Å². The molecule has 1 aliphatic heterocycles. The molecular weight excluding hydrogens is 178 g/mol. The third-order valence-corrected chi connectivity index (χ3v) is 3.05. The van der Waals surface area contributed by atoms with E-state index in [2.05, 4.69) is 4.90 Å². The molecule has 0 aromatic heterocycles. The summed E-state index contributed by atoms with van der Waals surface area (Å²) in [5, 5.41) is 7.33. The van der Waals surface area contributed by atoms with E-state index in [1.165, 1.54) is 19.3 Å². The zero-order chi connectivity index (χ0) is 9.97. The molecule has 0 radical (unpaired) electrons. The molecule has 2 fully saturated rings. The molecule has 2 aliphatic rings. The smallest absolute Gasteiger partial charge is 0.127 e. The van der Waals surface area contributed by atoms with Crippen molar-refractivity contribution in [1.29, 1.82) is 5.41 Å². The van der Waals surface area contributed by atoms with E-state index in [1.807, 2.05) is 0 Å². The summed E-state index contributed by atoms with van der Waals surface area (Å²) in [6, 6.07) is 0. The normalized spacial score (nSPS) is 29.0. The molecule has 4 nitrogen and oxygen atoms in total. The summed E-state index contributed by atoms with van der Waals surface area (Å²) in [5.41, 5.74) is 5.43. The van der Waals surface area contributed by atoms with E-state index in [0.29, 0.717) is 0 Å². The van der Waals surface area contributed by atoms with E-state index in [-0.39, 0.29) is 11.9 Å². The predicted molar refractivity (Wildman–Crippen MR) is 55.4 cm³/mol. The van der Waals surface area contributed by atoms with Crippen molar-refractivity contribution >= 4 is 5.84 Å². The topological polar surface area (TPSA) is 62.3 Å². The van der Waals surface area contributed by atoms with Gasteiger partial charge < -0.3 is 10.5 Å². The molecule has 2 rings (SSSR count). The van der Waals surface area contributed by atoms with Gasteiger partial charge in [-0.25, -0.2) is 0 Å². The van der Waals surface area contributed by atoms with Crippen molar-refractivity contribution in [3.63, 3.8) is 0 Å². The average Bonchev–Trinajstić information content (AvgIpc) is 2.99. The van der Waals surface area contributed by atoms with Crippen LogP contribution < -0.4 is 5.73 Å². The minimum atomic E-state index is -0.164. The van der Waals surface area contributed by atoms with Gasteiger partial charge in [0.05, 0.1) is 6.61 Å². The van der Waals surface area contributed by atoms with Gasteiger partial charge in [-0.2, -0.15) is 0 Å². The van der Waals surface area contributed by atoms with Gasteiger partial charge in [0.2, 0.25) is 0 Å². The summed E-state index contributed by atoms with van der Waals surface area (Å²) >= 11 is 0. The summed E-state index contributed by atoms with van der Waals surface area (Å²) in [6.07, 6.45) is 3.98. The van der Waals surface area contributed by atoms with Gasteiger partial charge in [0.1, 0.15) is 11.9 Å². The van der Waals surface area contributed by atoms with Gasteiger partial charge >= 0.3 is 0 Å². The second-order valence-corrected chi connectivity index (χ2v) is 4.35. The van der Waals surface area contributed by atoms with Gasteiger partial charge in [0, 0.05) is 13.1 Å². The van der Waals surface area contributed by atoms with Crippen molar-refractivity contribution in [3.05, 3.63) is 0 Å². The number of hydrogen-bond donors (Lipinski definition) is 2. The highest BCUT2D eigenvalue weighted by Gasteiger charge is 2.25. The molecule has 0 bridgehead atoms. The Hall–Kier alpha value is -0.610. The van der Waals surface area contributed by atoms with E-state index in [4.69, 9.17) is 15.9 Å². The lowest BCUT2D eigenvalue weighted by Crippen LogP contribution is -2.48. The van der Waals surface area contributed by atoms with E-state index < -0.39 is 0 Å². The van der Waals surface area contributed by atoms with Crippen molar-refractivity contribution < 1.29 is 4.74 Å². The number of rotatable bonds is 4. The van der Waals surface area contributed by atoms with Crippen molar-refractivity contribution in [2.45, 2.75) is 25.4 Å². The molecule has 1 unspecified atom stereocenters. The molecule has 1 saturated carbocycles. The summed E-state index contributed by atoms with van der Waals surface area (Å²) in [7, 11) is 0. The number of hydrogen-bond acceptors (Lipinski definition) is 3. The highest BCUT2D eigenvalue weighted by molar-refractivity contribution is 5.82. The maximum atomic E-state index is 7.33. The van der Waals surface area contributed by atoms with Crippen LogP contribution in [-0.4, -0.2) is 43.1 Å². The summed E-state index contributed by atoms with van der Waals surface area (Å²) in [6.45, 7) is 3.67. The molecule has 0 spiro atoms. The van der Waals surface area contributed by atoms with E-state index in [1.54, 1.807) is 0 Å². The molecule has 1 atom stereocenters. The number of nitrogens with one attached hydrogen (secondary N) is 1. The van der Waals surface area contributed by atoms with Gasteiger partial charge in [-0.1, -0.05) is 12.8 Å². The molecule has 1 saturated heterocycles. The lowest BCUT2D eigenvalue weighted by molar-refractivity contribution is 0.00483. The number of nitrogens with zero attached hydrogens (tertiary/aromatic N) is 1. The fourth-order valence-corrected chi connectivity index (χ4v) is 1.87. The van der Waals surface area contributed by atoms with Crippen molar-refractivity contribution in [3.8, 4) is 0 Å². The Morgan fingerprint density at radius 3 is 2.93 bits per heavy atom. The van der Waals surface area contributed by atoms with Crippen LogP contribution in [0.1, 0.15) is 19.3 Å². The number of ether oxygens (including phenoxy) is 1. The average molecular weight is 197 g/mol. The van der Waals surface area contributed by atoms with Crippen molar-refractivity contribution in [2.75, 3.05) is 26.2 Å². The summed E-state index contributed by atoms with van der Waals surface area (Å²) < 4.78 is 5.40. The largest absolute Gasteiger partial charge is 0.385 e. The van der Waals surface area contributed by atoms with Crippen LogP contribution in [0.15, 0.2) is 0 Å². The molecule has 1 aliphatic carbocycles. The molecule has 1 heterocycles. The number of nitrogens with two attached hydrogens (primary N) is 1. The van der Waals surface area contributed by atoms with Gasteiger partial charge in [-0.15, -0.1) is 0 Å². The Kier molecular flexibility index (Phi) is 3.03. The lowest BCUT2D eigenvalue weighted by atomic mass is 10.2. The highest BCUT2D eigenvalue weighted by Crippen LogP contribution is 2.32. The highest BCUT2D eigenvalue weighted by atomic mass is 16.5. The first-order valence-electron chi connectivity index (χ1n) is 5.43. The van der Waals surface area contributed by atoms with E-state index in [9.17, 15) is 0 Å². The van der Waals surface area contributed by atoms with Gasteiger partial charge in [-0.3, -0.25) is 10.3 Å². The van der Waals surface area contributed by atoms with Crippen LogP contribution in [0.5, 0.6) is 0 Å². The third kappa shape index (κ3) is 2.69. The van der Waals surface area contributed by atoms with E-state index >= 15 is 0 Å². The number of amidine groups is 1. The van der Waals surface area contributed by atoms with Crippen LogP contribution >= 0.6 is 0 Å². The fraction of sp³-hybridized carbons (Fsp3) is 0.900. The summed E-state index contributed by atoms with van der Waals surface area (Å²) in [4.78, 5) is 2.37. The predicted octanol–water partition coefficient (Wildman–Crippen LogP) is 0.423. The fourth-order valence-electron chi connectivity index (χ4n) is 1.87. The van der Waals surface area contributed by atoms with Gasteiger partial charge in [0.25, 0.3) is 0 Å². The third-order valence-electron chi connectivity index (χ3n) is 3.05. The molecule has 14 heavy (non-hydrogen) atoms. The maximum Gasteiger partial charge on any atom is 0.127 e. The molecule has 0 aromatic carbocycles.